The molecule has 232 valence electrons. The molecule has 0 saturated carbocycles. The van der Waals surface area contributed by atoms with Crippen LogP contribution in [-0.2, 0) is 0 Å². The van der Waals surface area contributed by atoms with Crippen molar-refractivity contribution in [3.05, 3.63) is 171 Å². The van der Waals surface area contributed by atoms with Gasteiger partial charge in [-0.25, -0.2) is 4.98 Å². The molecule has 0 fully saturated rings. The molecule has 0 N–H and O–H groups in total. The molecule has 0 bridgehead atoms. The van der Waals surface area contributed by atoms with Crippen molar-refractivity contribution in [2.24, 2.45) is 0 Å². The molecule has 0 amide bonds. The van der Waals surface area contributed by atoms with Crippen molar-refractivity contribution in [3.8, 4) is 44.6 Å². The summed E-state index contributed by atoms with van der Waals surface area (Å²) in [5, 5.41) is 9.12. The lowest BCUT2D eigenvalue weighted by atomic mass is 9.92. The van der Waals surface area contributed by atoms with Crippen molar-refractivity contribution in [2.45, 2.75) is 0 Å². The summed E-state index contributed by atoms with van der Waals surface area (Å²) < 4.78 is 0. The van der Waals surface area contributed by atoms with Gasteiger partial charge in [-0.15, -0.1) is 0 Å². The Bertz CT molecular complexity index is 2840. The monoisotopic (exact) mass is 636 g/mol. The Morgan fingerprint density at radius 3 is 1.52 bits per heavy atom. The molecule has 0 spiro atoms. The average Bonchev–Trinajstić information content (AvgIpc) is 3.21. The summed E-state index contributed by atoms with van der Waals surface area (Å²) in [4.78, 5) is 19.5. The first kappa shape index (κ1) is 28.3. The van der Waals surface area contributed by atoms with E-state index in [1.807, 2.05) is 43.1 Å². The van der Waals surface area contributed by atoms with E-state index in [2.05, 4.69) is 137 Å². The number of pyridine rings is 4. The minimum absolute atomic E-state index is 0.934. The lowest BCUT2D eigenvalue weighted by molar-refractivity contribution is 1.32. The predicted octanol–water partition coefficient (Wildman–Crippen LogP) is 11.7. The second-order valence-electron chi connectivity index (χ2n) is 12.7. The highest BCUT2D eigenvalue weighted by molar-refractivity contribution is 6.32. The first-order valence-corrected chi connectivity index (χ1v) is 16.8. The Labute approximate surface area is 288 Å². The van der Waals surface area contributed by atoms with Crippen LogP contribution < -0.4 is 0 Å². The number of hydrogen-bond donors (Lipinski definition) is 0. The van der Waals surface area contributed by atoms with Crippen LogP contribution in [0.1, 0.15) is 0 Å². The number of aromatic nitrogens is 4. The fourth-order valence-electron chi connectivity index (χ4n) is 7.46. The van der Waals surface area contributed by atoms with E-state index in [-0.39, 0.29) is 0 Å². The summed E-state index contributed by atoms with van der Waals surface area (Å²) >= 11 is 0. The van der Waals surface area contributed by atoms with Gasteiger partial charge in [0.2, 0.25) is 0 Å². The van der Waals surface area contributed by atoms with Crippen molar-refractivity contribution >= 4 is 54.1 Å². The van der Waals surface area contributed by atoms with Crippen LogP contribution in [0.3, 0.4) is 0 Å². The van der Waals surface area contributed by atoms with Crippen molar-refractivity contribution in [3.63, 3.8) is 0 Å². The lowest BCUT2D eigenvalue weighted by Crippen LogP contribution is -1.95. The molecule has 0 radical (unpaired) electrons. The first-order chi connectivity index (χ1) is 24.8. The van der Waals surface area contributed by atoms with Crippen molar-refractivity contribution in [1.82, 2.24) is 19.9 Å². The van der Waals surface area contributed by atoms with Gasteiger partial charge in [-0.1, -0.05) is 109 Å². The van der Waals surface area contributed by atoms with Crippen LogP contribution in [0.15, 0.2) is 171 Å². The Hall–Kier alpha value is -6.78. The van der Waals surface area contributed by atoms with E-state index >= 15 is 0 Å². The molecule has 4 aromatic heterocycles. The fraction of sp³-hybridized carbons (Fsp3) is 0. The van der Waals surface area contributed by atoms with Crippen LogP contribution in [0.4, 0.5) is 0 Å². The van der Waals surface area contributed by atoms with Gasteiger partial charge in [-0.3, -0.25) is 15.0 Å². The number of hydrogen-bond acceptors (Lipinski definition) is 4. The smallest absolute Gasteiger partial charge is 0.0830 e. The number of rotatable bonds is 4. The van der Waals surface area contributed by atoms with Gasteiger partial charge in [0.15, 0.2) is 0 Å². The number of benzene rings is 6. The highest BCUT2D eigenvalue weighted by Crippen LogP contribution is 2.42. The lowest BCUT2D eigenvalue weighted by Gasteiger charge is -2.16. The second kappa shape index (κ2) is 11.4. The maximum atomic E-state index is 5.56. The van der Waals surface area contributed by atoms with Crippen molar-refractivity contribution in [1.29, 1.82) is 0 Å². The van der Waals surface area contributed by atoms with Crippen LogP contribution in [0.25, 0.3) is 98.8 Å². The summed E-state index contributed by atoms with van der Waals surface area (Å²) in [5.41, 5.74) is 10.5. The third-order valence-corrected chi connectivity index (χ3v) is 9.82. The summed E-state index contributed by atoms with van der Waals surface area (Å²) in [6.45, 7) is 0. The van der Waals surface area contributed by atoms with E-state index in [0.717, 1.165) is 82.6 Å². The maximum absolute atomic E-state index is 5.56. The zero-order chi connectivity index (χ0) is 33.0. The maximum Gasteiger partial charge on any atom is 0.0830 e. The summed E-state index contributed by atoms with van der Waals surface area (Å²) in [5.74, 6) is 0. The molecular weight excluding hydrogens is 609 g/mol. The Kier molecular flexibility index (Phi) is 6.46. The van der Waals surface area contributed by atoms with E-state index < -0.39 is 0 Å². The molecule has 0 aliphatic carbocycles. The van der Waals surface area contributed by atoms with E-state index in [1.54, 1.807) is 0 Å². The van der Waals surface area contributed by atoms with Gasteiger partial charge in [0.05, 0.1) is 16.7 Å². The molecule has 0 atom stereocenters. The Morgan fingerprint density at radius 1 is 0.340 bits per heavy atom. The molecule has 4 heterocycles. The minimum atomic E-state index is 0.934. The standard InChI is InChI=1S/C46H28N4/c1-2-12-37-33(9-1)28-49-46-42(37)44(50-45-41-16-6-4-14-39(41)38-13-3-5-15-40(38)43(45)46)30-19-17-29(18-20-30)34-23-35(31-10-7-21-47-26-31)25-36(24-34)32-11-8-22-48-27-32/h1-28H. The van der Waals surface area contributed by atoms with Crippen LogP contribution in [0, 0.1) is 0 Å². The highest BCUT2D eigenvalue weighted by Gasteiger charge is 2.19. The highest BCUT2D eigenvalue weighted by atomic mass is 14.8. The number of nitrogens with zero attached hydrogens (tertiary/aromatic N) is 4. The Balaban J connectivity index is 1.22. The zero-order valence-electron chi connectivity index (χ0n) is 27.0. The van der Waals surface area contributed by atoms with Gasteiger partial charge in [0, 0.05) is 69.2 Å². The molecule has 0 unspecified atom stereocenters. The van der Waals surface area contributed by atoms with Crippen LogP contribution in [-0.4, -0.2) is 19.9 Å². The third kappa shape index (κ3) is 4.54. The Morgan fingerprint density at radius 2 is 0.880 bits per heavy atom. The van der Waals surface area contributed by atoms with Gasteiger partial charge >= 0.3 is 0 Å². The third-order valence-electron chi connectivity index (χ3n) is 9.82. The molecular formula is C46H28N4. The SMILES string of the molecule is c1cncc(-c2cc(-c3ccc(-c4nc5c6ccccc6c6ccccc6c5c5ncc6ccccc6c45)cc3)cc(-c3cccnc3)c2)c1. The van der Waals surface area contributed by atoms with Gasteiger partial charge < -0.3 is 0 Å². The van der Waals surface area contributed by atoms with Crippen molar-refractivity contribution < 1.29 is 0 Å². The molecule has 10 aromatic rings. The zero-order valence-corrected chi connectivity index (χ0v) is 27.0. The minimum Gasteiger partial charge on any atom is -0.264 e. The van der Waals surface area contributed by atoms with E-state index in [1.165, 1.54) is 16.2 Å². The van der Waals surface area contributed by atoms with Crippen LogP contribution in [0.2, 0.25) is 0 Å². The normalized spacial score (nSPS) is 11.6. The van der Waals surface area contributed by atoms with Crippen molar-refractivity contribution in [2.75, 3.05) is 0 Å². The molecule has 0 aliphatic heterocycles. The molecule has 4 heteroatoms. The fourth-order valence-corrected chi connectivity index (χ4v) is 7.46. The molecule has 10 rings (SSSR count). The van der Waals surface area contributed by atoms with E-state index in [4.69, 9.17) is 9.97 Å². The topological polar surface area (TPSA) is 51.6 Å². The molecule has 0 saturated heterocycles. The number of fused-ring (bicyclic) bond motifs is 10. The van der Waals surface area contributed by atoms with Gasteiger partial charge in [0.1, 0.15) is 0 Å². The van der Waals surface area contributed by atoms with Gasteiger partial charge in [-0.05, 0) is 74.1 Å². The quantitative estimate of drug-likeness (QED) is 0.180. The summed E-state index contributed by atoms with van der Waals surface area (Å²) in [6, 6.07) is 49.4. The van der Waals surface area contributed by atoms with Gasteiger partial charge in [0.25, 0.3) is 0 Å². The molecule has 50 heavy (non-hydrogen) atoms. The first-order valence-electron chi connectivity index (χ1n) is 16.8. The predicted molar refractivity (Wildman–Crippen MR) is 207 cm³/mol. The summed E-state index contributed by atoms with van der Waals surface area (Å²) in [6.07, 6.45) is 9.45. The second-order valence-corrected chi connectivity index (χ2v) is 12.7. The molecule has 0 aliphatic rings. The van der Waals surface area contributed by atoms with E-state index in [0.29, 0.717) is 0 Å². The average molecular weight is 637 g/mol. The van der Waals surface area contributed by atoms with Gasteiger partial charge in [-0.2, -0.15) is 0 Å². The van der Waals surface area contributed by atoms with Crippen LogP contribution in [0.5, 0.6) is 0 Å². The van der Waals surface area contributed by atoms with Crippen LogP contribution >= 0.6 is 0 Å². The largest absolute Gasteiger partial charge is 0.264 e. The summed E-state index contributed by atoms with van der Waals surface area (Å²) in [7, 11) is 0. The molecule has 6 aromatic carbocycles. The molecule has 4 nitrogen and oxygen atoms in total. The van der Waals surface area contributed by atoms with E-state index in [9.17, 15) is 0 Å².